The lowest BCUT2D eigenvalue weighted by atomic mass is 9.96. The largest absolute Gasteiger partial charge is 0.384 e. The first-order valence-corrected chi connectivity index (χ1v) is 8.44. The fraction of sp³-hybridized carbons (Fsp3) is 0.350. The smallest absolute Gasteiger partial charge is 0.314 e. The molecule has 2 aromatic carbocycles. The molecule has 0 bridgehead atoms. The molecule has 2 amide bonds. The molecule has 0 aliphatic heterocycles. The van der Waals surface area contributed by atoms with Gasteiger partial charge in [0.15, 0.2) is 0 Å². The molecule has 3 N–H and O–H groups in total. The Labute approximate surface area is 149 Å². The molecule has 134 valence electrons. The summed E-state index contributed by atoms with van der Waals surface area (Å²) in [6.45, 7) is 2.38. The summed E-state index contributed by atoms with van der Waals surface area (Å²) in [5.74, 6) is 0. The number of carbonyl (C=O) groups excluding carboxylic acids is 1. The van der Waals surface area contributed by atoms with E-state index in [9.17, 15) is 9.90 Å². The summed E-state index contributed by atoms with van der Waals surface area (Å²) < 4.78 is 0. The van der Waals surface area contributed by atoms with Crippen LogP contribution in [0.2, 0.25) is 0 Å². The molecule has 0 aromatic heterocycles. The molecule has 0 saturated carbocycles. The highest BCUT2D eigenvalue weighted by molar-refractivity contribution is 5.73. The third kappa shape index (κ3) is 5.80. The fourth-order valence-electron chi connectivity index (χ4n) is 2.50. The Morgan fingerprint density at radius 2 is 1.68 bits per heavy atom. The fourth-order valence-corrected chi connectivity index (χ4v) is 2.50. The number of nitrogens with one attached hydrogen (secondary N) is 2. The van der Waals surface area contributed by atoms with Gasteiger partial charge in [-0.1, -0.05) is 42.5 Å². The van der Waals surface area contributed by atoms with E-state index in [0.29, 0.717) is 6.54 Å². The summed E-state index contributed by atoms with van der Waals surface area (Å²) in [4.78, 5) is 14.0. The minimum Gasteiger partial charge on any atom is -0.384 e. The molecule has 5 nitrogen and oxygen atoms in total. The molecule has 0 heterocycles. The van der Waals surface area contributed by atoms with Crippen molar-refractivity contribution >= 4 is 11.7 Å². The van der Waals surface area contributed by atoms with Gasteiger partial charge < -0.3 is 20.6 Å². The van der Waals surface area contributed by atoms with Gasteiger partial charge in [0.05, 0.1) is 6.54 Å². The average molecular weight is 341 g/mol. The van der Waals surface area contributed by atoms with Crippen LogP contribution < -0.4 is 15.5 Å². The molecule has 1 atom stereocenters. The number of rotatable bonds is 7. The first kappa shape index (κ1) is 18.8. The molecule has 2 rings (SSSR count). The van der Waals surface area contributed by atoms with Gasteiger partial charge in [-0.3, -0.25) is 0 Å². The number of hydrogen-bond acceptors (Lipinski definition) is 3. The van der Waals surface area contributed by atoms with Crippen molar-refractivity contribution in [2.45, 2.75) is 18.9 Å². The SMILES string of the molecule is CN(C)c1ccc(CCNC(=O)NCC(C)(O)c2ccccc2)cc1. The Kier molecular flexibility index (Phi) is 6.42. The monoisotopic (exact) mass is 341 g/mol. The van der Waals surface area contributed by atoms with E-state index in [2.05, 4.69) is 34.9 Å². The first-order chi connectivity index (χ1) is 11.9. The van der Waals surface area contributed by atoms with E-state index >= 15 is 0 Å². The summed E-state index contributed by atoms with van der Waals surface area (Å²) in [6.07, 6.45) is 0.760. The number of anilines is 1. The highest BCUT2D eigenvalue weighted by Crippen LogP contribution is 2.18. The van der Waals surface area contributed by atoms with Gasteiger partial charge in [-0.2, -0.15) is 0 Å². The predicted octanol–water partition coefficient (Wildman–Crippen LogP) is 2.50. The highest BCUT2D eigenvalue weighted by Gasteiger charge is 2.23. The number of hydrogen-bond donors (Lipinski definition) is 3. The maximum Gasteiger partial charge on any atom is 0.314 e. The van der Waals surface area contributed by atoms with Crippen LogP contribution in [-0.4, -0.2) is 38.3 Å². The molecule has 0 fully saturated rings. The second-order valence-electron chi connectivity index (χ2n) is 6.56. The number of urea groups is 1. The molecule has 0 radical (unpaired) electrons. The number of nitrogens with zero attached hydrogens (tertiary/aromatic N) is 1. The van der Waals surface area contributed by atoms with Crippen molar-refractivity contribution in [3.63, 3.8) is 0 Å². The van der Waals surface area contributed by atoms with Crippen molar-refractivity contribution in [3.8, 4) is 0 Å². The zero-order valence-corrected chi connectivity index (χ0v) is 15.1. The zero-order chi connectivity index (χ0) is 18.3. The second-order valence-corrected chi connectivity index (χ2v) is 6.56. The van der Waals surface area contributed by atoms with Crippen LogP contribution in [0.4, 0.5) is 10.5 Å². The van der Waals surface area contributed by atoms with Crippen LogP contribution in [0.1, 0.15) is 18.1 Å². The van der Waals surface area contributed by atoms with Crippen LogP contribution in [0.25, 0.3) is 0 Å². The summed E-state index contributed by atoms with van der Waals surface area (Å²) in [7, 11) is 4.01. The van der Waals surface area contributed by atoms with Gasteiger partial charge in [0.1, 0.15) is 5.60 Å². The number of aliphatic hydroxyl groups is 1. The predicted molar refractivity (Wildman–Crippen MR) is 102 cm³/mol. The summed E-state index contributed by atoms with van der Waals surface area (Å²) in [6, 6.07) is 17.3. The summed E-state index contributed by atoms with van der Waals surface area (Å²) >= 11 is 0. The average Bonchev–Trinajstić information content (AvgIpc) is 2.61. The first-order valence-electron chi connectivity index (χ1n) is 8.44. The van der Waals surface area contributed by atoms with Crippen LogP contribution in [0.15, 0.2) is 54.6 Å². The van der Waals surface area contributed by atoms with E-state index in [0.717, 1.165) is 17.7 Å². The van der Waals surface area contributed by atoms with Crippen LogP contribution in [0.3, 0.4) is 0 Å². The van der Waals surface area contributed by atoms with E-state index in [1.54, 1.807) is 6.92 Å². The Hall–Kier alpha value is -2.53. The molecule has 0 aliphatic carbocycles. The Morgan fingerprint density at radius 3 is 2.28 bits per heavy atom. The lowest BCUT2D eigenvalue weighted by Gasteiger charge is -2.24. The van der Waals surface area contributed by atoms with Crippen molar-refractivity contribution in [2.75, 3.05) is 32.1 Å². The standard InChI is InChI=1S/C20H27N3O2/c1-20(25,17-7-5-4-6-8-17)15-22-19(24)21-14-13-16-9-11-18(12-10-16)23(2)3/h4-12,25H,13-15H2,1-3H3,(H2,21,22,24). The topological polar surface area (TPSA) is 64.6 Å². The second kappa shape index (κ2) is 8.53. The van der Waals surface area contributed by atoms with Gasteiger partial charge in [0.25, 0.3) is 0 Å². The van der Waals surface area contributed by atoms with E-state index < -0.39 is 5.60 Å². The lowest BCUT2D eigenvalue weighted by molar-refractivity contribution is 0.0594. The third-order valence-electron chi connectivity index (χ3n) is 4.14. The van der Waals surface area contributed by atoms with Crippen molar-refractivity contribution in [1.82, 2.24) is 10.6 Å². The normalized spacial score (nSPS) is 13.0. The van der Waals surface area contributed by atoms with Crippen LogP contribution in [-0.2, 0) is 12.0 Å². The van der Waals surface area contributed by atoms with Crippen LogP contribution in [0.5, 0.6) is 0 Å². The molecule has 0 saturated heterocycles. The van der Waals surface area contributed by atoms with E-state index in [-0.39, 0.29) is 12.6 Å². The molecular weight excluding hydrogens is 314 g/mol. The van der Waals surface area contributed by atoms with E-state index in [4.69, 9.17) is 0 Å². The maximum absolute atomic E-state index is 11.9. The van der Waals surface area contributed by atoms with Crippen molar-refractivity contribution in [3.05, 3.63) is 65.7 Å². The quantitative estimate of drug-likeness (QED) is 0.725. The van der Waals surface area contributed by atoms with Crippen molar-refractivity contribution in [2.24, 2.45) is 0 Å². The lowest BCUT2D eigenvalue weighted by Crippen LogP contribution is -2.43. The maximum atomic E-state index is 11.9. The molecular formula is C20H27N3O2. The van der Waals surface area contributed by atoms with Gasteiger partial charge in [0, 0.05) is 26.3 Å². The molecule has 0 spiro atoms. The Bertz CT molecular complexity index is 667. The zero-order valence-electron chi connectivity index (χ0n) is 15.1. The third-order valence-corrected chi connectivity index (χ3v) is 4.14. The van der Waals surface area contributed by atoms with E-state index in [1.165, 1.54) is 5.56 Å². The number of carbonyl (C=O) groups is 1. The van der Waals surface area contributed by atoms with Crippen LogP contribution >= 0.6 is 0 Å². The summed E-state index contributed by atoms with van der Waals surface area (Å²) in [5.41, 5.74) is 2.00. The highest BCUT2D eigenvalue weighted by atomic mass is 16.3. The molecule has 0 aliphatic rings. The van der Waals surface area contributed by atoms with Gasteiger partial charge in [-0.15, -0.1) is 0 Å². The van der Waals surface area contributed by atoms with E-state index in [1.807, 2.05) is 49.3 Å². The van der Waals surface area contributed by atoms with Crippen molar-refractivity contribution in [1.29, 1.82) is 0 Å². The van der Waals surface area contributed by atoms with Gasteiger partial charge in [-0.05, 0) is 36.6 Å². The Balaban J connectivity index is 1.73. The number of benzene rings is 2. The minimum atomic E-state index is -1.10. The molecule has 25 heavy (non-hydrogen) atoms. The Morgan fingerprint density at radius 1 is 1.04 bits per heavy atom. The van der Waals surface area contributed by atoms with Gasteiger partial charge in [0.2, 0.25) is 0 Å². The molecule has 5 heteroatoms. The van der Waals surface area contributed by atoms with Crippen molar-refractivity contribution < 1.29 is 9.90 Å². The van der Waals surface area contributed by atoms with Gasteiger partial charge in [-0.25, -0.2) is 4.79 Å². The minimum absolute atomic E-state index is 0.153. The number of amides is 2. The van der Waals surface area contributed by atoms with Crippen LogP contribution in [0, 0.1) is 0 Å². The summed E-state index contributed by atoms with van der Waals surface area (Å²) in [5, 5.41) is 16.0. The molecule has 2 aromatic rings. The molecule has 1 unspecified atom stereocenters. The van der Waals surface area contributed by atoms with Gasteiger partial charge >= 0.3 is 6.03 Å².